The second-order valence-corrected chi connectivity index (χ2v) is 7.51. The zero-order valence-electron chi connectivity index (χ0n) is 15.2. The van der Waals surface area contributed by atoms with Crippen LogP contribution >= 0.6 is 28.1 Å². The molecule has 0 bridgehead atoms. The summed E-state index contributed by atoms with van der Waals surface area (Å²) in [7, 11) is 1.41. The van der Waals surface area contributed by atoms with Crippen LogP contribution in [0.25, 0.3) is 0 Å². The summed E-state index contributed by atoms with van der Waals surface area (Å²) in [5, 5.41) is 3.91. The third-order valence-electron chi connectivity index (χ3n) is 4.45. The van der Waals surface area contributed by atoms with Crippen LogP contribution in [0.1, 0.15) is 31.4 Å². The Labute approximate surface area is 173 Å². The van der Waals surface area contributed by atoms with Crippen LogP contribution < -0.4 is 10.2 Å². The van der Waals surface area contributed by atoms with Crippen molar-refractivity contribution in [2.75, 3.05) is 12.0 Å². The second-order valence-electron chi connectivity index (χ2n) is 6.21. The number of esters is 1. The molecule has 4 nitrogen and oxygen atoms in total. The number of anilines is 1. The molecule has 3 rings (SSSR count). The molecular formula is C21H21BrN2O2S. The lowest BCUT2D eigenvalue weighted by molar-refractivity contribution is -0.136. The molecule has 0 aliphatic carbocycles. The van der Waals surface area contributed by atoms with Crippen molar-refractivity contribution in [1.82, 2.24) is 5.32 Å². The fourth-order valence-corrected chi connectivity index (χ4v) is 3.85. The number of carbonyl (C=O) groups is 1. The highest BCUT2D eigenvalue weighted by Gasteiger charge is 2.36. The van der Waals surface area contributed by atoms with Gasteiger partial charge in [-0.2, -0.15) is 0 Å². The number of allylic oxidation sites excluding steroid dienone is 1. The number of benzene rings is 2. The zero-order chi connectivity index (χ0) is 19.4. The summed E-state index contributed by atoms with van der Waals surface area (Å²) < 4.78 is 6.12. The largest absolute Gasteiger partial charge is 0.466 e. The monoisotopic (exact) mass is 444 g/mol. The van der Waals surface area contributed by atoms with E-state index in [9.17, 15) is 4.79 Å². The van der Waals surface area contributed by atoms with E-state index >= 15 is 0 Å². The van der Waals surface area contributed by atoms with E-state index in [2.05, 4.69) is 28.2 Å². The smallest absolute Gasteiger partial charge is 0.337 e. The Balaban J connectivity index is 2.19. The van der Waals surface area contributed by atoms with Gasteiger partial charge < -0.3 is 10.1 Å². The Morgan fingerprint density at radius 2 is 1.85 bits per heavy atom. The second kappa shape index (κ2) is 8.67. The van der Waals surface area contributed by atoms with Crippen LogP contribution in [0.4, 0.5) is 5.69 Å². The SMILES string of the molecule is CCCC1=C(C(=O)OC)[C@@H](c2ccc(Br)cc2)NC(=S)N1c1ccccc1. The summed E-state index contributed by atoms with van der Waals surface area (Å²) in [5.41, 5.74) is 3.36. The molecule has 0 spiro atoms. The van der Waals surface area contributed by atoms with Crippen molar-refractivity contribution in [3.8, 4) is 0 Å². The summed E-state index contributed by atoms with van der Waals surface area (Å²) >= 11 is 9.16. The third kappa shape index (κ3) is 4.06. The maximum absolute atomic E-state index is 12.8. The highest BCUT2D eigenvalue weighted by molar-refractivity contribution is 9.10. The molecule has 1 N–H and O–H groups in total. The molecule has 1 atom stereocenters. The van der Waals surface area contributed by atoms with Crippen molar-refractivity contribution >= 4 is 44.9 Å². The lowest BCUT2D eigenvalue weighted by Crippen LogP contribution is -2.48. The first-order chi connectivity index (χ1) is 13.1. The van der Waals surface area contributed by atoms with Crippen molar-refractivity contribution in [1.29, 1.82) is 0 Å². The molecule has 140 valence electrons. The molecule has 0 aromatic heterocycles. The Morgan fingerprint density at radius 3 is 2.44 bits per heavy atom. The lowest BCUT2D eigenvalue weighted by atomic mass is 9.93. The quantitative estimate of drug-likeness (QED) is 0.512. The van der Waals surface area contributed by atoms with E-state index in [1.54, 1.807) is 0 Å². The van der Waals surface area contributed by atoms with E-state index in [1.807, 2.05) is 59.5 Å². The molecule has 0 saturated carbocycles. The number of para-hydroxylation sites is 1. The first-order valence-corrected chi connectivity index (χ1v) is 9.99. The topological polar surface area (TPSA) is 41.6 Å². The molecule has 1 aliphatic heterocycles. The Hall–Kier alpha value is -2.18. The molecule has 0 radical (unpaired) electrons. The third-order valence-corrected chi connectivity index (χ3v) is 5.28. The number of methoxy groups -OCH3 is 1. The zero-order valence-corrected chi connectivity index (χ0v) is 17.6. The fraction of sp³-hybridized carbons (Fsp3) is 0.238. The van der Waals surface area contributed by atoms with Crippen LogP contribution in [0.5, 0.6) is 0 Å². The summed E-state index contributed by atoms with van der Waals surface area (Å²) in [6.07, 6.45) is 1.60. The van der Waals surface area contributed by atoms with Crippen LogP contribution in [0.15, 0.2) is 70.3 Å². The first-order valence-electron chi connectivity index (χ1n) is 8.79. The predicted molar refractivity (Wildman–Crippen MR) is 115 cm³/mol. The van der Waals surface area contributed by atoms with Crippen LogP contribution in [-0.2, 0) is 9.53 Å². The minimum Gasteiger partial charge on any atom is -0.466 e. The molecule has 0 amide bonds. The Morgan fingerprint density at radius 1 is 1.19 bits per heavy atom. The number of carbonyl (C=O) groups excluding carboxylic acids is 1. The van der Waals surface area contributed by atoms with Gasteiger partial charge in [-0.05, 0) is 48.5 Å². The molecule has 2 aromatic carbocycles. The van der Waals surface area contributed by atoms with Gasteiger partial charge in [0.2, 0.25) is 0 Å². The summed E-state index contributed by atoms with van der Waals surface area (Å²) in [6.45, 7) is 2.09. The van der Waals surface area contributed by atoms with Gasteiger partial charge in [0.1, 0.15) is 0 Å². The van der Waals surface area contributed by atoms with Crippen molar-refractivity contribution in [3.05, 3.63) is 75.9 Å². The van der Waals surface area contributed by atoms with Gasteiger partial charge >= 0.3 is 5.97 Å². The van der Waals surface area contributed by atoms with Gasteiger partial charge in [-0.25, -0.2) is 4.79 Å². The van der Waals surface area contributed by atoms with Crippen LogP contribution in [-0.4, -0.2) is 18.2 Å². The average Bonchev–Trinajstić information content (AvgIpc) is 2.68. The number of halogens is 1. The van der Waals surface area contributed by atoms with Crippen LogP contribution in [0.3, 0.4) is 0 Å². The highest BCUT2D eigenvalue weighted by atomic mass is 79.9. The minimum absolute atomic E-state index is 0.345. The van der Waals surface area contributed by atoms with E-state index in [-0.39, 0.29) is 12.0 Å². The molecule has 27 heavy (non-hydrogen) atoms. The van der Waals surface area contributed by atoms with Gasteiger partial charge in [0, 0.05) is 15.9 Å². The standard InChI is InChI=1S/C21H21BrN2O2S/c1-3-7-17-18(20(25)26-2)19(14-10-12-15(22)13-11-14)23-21(27)24(17)16-8-5-4-6-9-16/h4-6,8-13,19H,3,7H2,1-2H3,(H,23,27)/t19-/m1/s1. The van der Waals surface area contributed by atoms with Crippen molar-refractivity contribution in [3.63, 3.8) is 0 Å². The molecular weight excluding hydrogens is 424 g/mol. The van der Waals surface area contributed by atoms with Gasteiger partial charge in [-0.3, -0.25) is 4.90 Å². The number of ether oxygens (including phenoxy) is 1. The van der Waals surface area contributed by atoms with Gasteiger partial charge in [0.05, 0.1) is 18.7 Å². The van der Waals surface area contributed by atoms with Crippen molar-refractivity contribution in [2.45, 2.75) is 25.8 Å². The Kier molecular flexibility index (Phi) is 6.29. The number of hydrogen-bond acceptors (Lipinski definition) is 3. The van der Waals surface area contributed by atoms with E-state index in [4.69, 9.17) is 17.0 Å². The maximum Gasteiger partial charge on any atom is 0.337 e. The minimum atomic E-state index is -0.348. The van der Waals surface area contributed by atoms with Crippen LogP contribution in [0, 0.1) is 0 Å². The maximum atomic E-state index is 12.8. The van der Waals surface area contributed by atoms with Crippen molar-refractivity contribution in [2.24, 2.45) is 0 Å². The van der Waals surface area contributed by atoms with Gasteiger partial charge in [-0.15, -0.1) is 0 Å². The van der Waals surface area contributed by atoms with Gasteiger partial charge in [0.15, 0.2) is 5.11 Å². The molecule has 0 unspecified atom stereocenters. The predicted octanol–water partition coefficient (Wildman–Crippen LogP) is 5.11. The van der Waals surface area contributed by atoms with Gasteiger partial charge in [0.25, 0.3) is 0 Å². The number of nitrogens with zero attached hydrogens (tertiary/aromatic N) is 1. The molecule has 0 fully saturated rings. The van der Waals surface area contributed by atoms with E-state index in [0.29, 0.717) is 17.1 Å². The number of nitrogens with one attached hydrogen (secondary N) is 1. The number of rotatable bonds is 5. The molecule has 1 aliphatic rings. The average molecular weight is 445 g/mol. The van der Waals surface area contributed by atoms with Crippen molar-refractivity contribution < 1.29 is 9.53 Å². The number of thiocarbonyl (C=S) groups is 1. The first kappa shape index (κ1) is 19.6. The Bertz CT molecular complexity index is 866. The lowest BCUT2D eigenvalue weighted by Gasteiger charge is -2.38. The summed E-state index contributed by atoms with van der Waals surface area (Å²) in [4.78, 5) is 14.7. The van der Waals surface area contributed by atoms with E-state index in [0.717, 1.165) is 27.8 Å². The van der Waals surface area contributed by atoms with Crippen LogP contribution in [0.2, 0.25) is 0 Å². The summed E-state index contributed by atoms with van der Waals surface area (Å²) in [6, 6.07) is 17.4. The fourth-order valence-electron chi connectivity index (χ4n) is 3.25. The molecule has 0 saturated heterocycles. The van der Waals surface area contributed by atoms with Gasteiger partial charge in [-0.1, -0.05) is 59.6 Å². The summed E-state index contributed by atoms with van der Waals surface area (Å²) in [5.74, 6) is -0.345. The van der Waals surface area contributed by atoms with E-state index in [1.165, 1.54) is 7.11 Å². The normalized spacial score (nSPS) is 16.9. The molecule has 2 aromatic rings. The molecule has 6 heteroatoms. The highest BCUT2D eigenvalue weighted by Crippen LogP contribution is 2.36. The number of hydrogen-bond donors (Lipinski definition) is 1. The van der Waals surface area contributed by atoms with E-state index < -0.39 is 0 Å². The molecule has 1 heterocycles.